The molecule has 2 rings (SSSR count). The van der Waals surface area contributed by atoms with Gasteiger partial charge in [0.1, 0.15) is 0 Å². The second-order valence-electron chi connectivity index (χ2n) is 4.43. The van der Waals surface area contributed by atoms with Crippen molar-refractivity contribution in [1.82, 2.24) is 5.32 Å². The van der Waals surface area contributed by atoms with E-state index in [1.165, 1.54) is 12.2 Å². The standard InChI is InChI=1S/C9H15NOS/c1-8(2)9(3-4-12-6-9)5-7(11)10-8/h3-6H2,1-2H3,(H,10,11). The van der Waals surface area contributed by atoms with E-state index in [1.807, 2.05) is 11.8 Å². The van der Waals surface area contributed by atoms with Crippen LogP contribution in [0.1, 0.15) is 26.7 Å². The molecule has 0 aromatic carbocycles. The van der Waals surface area contributed by atoms with Crippen LogP contribution >= 0.6 is 11.8 Å². The van der Waals surface area contributed by atoms with E-state index in [4.69, 9.17) is 0 Å². The Morgan fingerprint density at radius 2 is 2.25 bits per heavy atom. The first-order valence-electron chi connectivity index (χ1n) is 4.45. The van der Waals surface area contributed by atoms with Gasteiger partial charge in [0.25, 0.3) is 0 Å². The zero-order valence-electron chi connectivity index (χ0n) is 7.64. The lowest BCUT2D eigenvalue weighted by Crippen LogP contribution is -2.47. The summed E-state index contributed by atoms with van der Waals surface area (Å²) in [6.07, 6.45) is 1.94. The van der Waals surface area contributed by atoms with Gasteiger partial charge in [-0.05, 0) is 26.0 Å². The van der Waals surface area contributed by atoms with Crippen molar-refractivity contribution in [3.05, 3.63) is 0 Å². The summed E-state index contributed by atoms with van der Waals surface area (Å²) in [6, 6.07) is 0. The highest BCUT2D eigenvalue weighted by Crippen LogP contribution is 2.50. The van der Waals surface area contributed by atoms with Gasteiger partial charge < -0.3 is 5.32 Å². The second kappa shape index (κ2) is 2.41. The largest absolute Gasteiger partial charge is 0.351 e. The summed E-state index contributed by atoms with van der Waals surface area (Å²) in [5, 5.41) is 3.07. The van der Waals surface area contributed by atoms with Gasteiger partial charge >= 0.3 is 0 Å². The smallest absolute Gasteiger partial charge is 0.221 e. The van der Waals surface area contributed by atoms with E-state index in [0.29, 0.717) is 0 Å². The van der Waals surface area contributed by atoms with E-state index in [9.17, 15) is 4.79 Å². The predicted octanol–water partition coefficient (Wildman–Crippen LogP) is 1.41. The molecular weight excluding hydrogens is 170 g/mol. The van der Waals surface area contributed by atoms with Crippen molar-refractivity contribution >= 4 is 17.7 Å². The topological polar surface area (TPSA) is 29.1 Å². The minimum absolute atomic E-state index is 0.0214. The van der Waals surface area contributed by atoms with Crippen LogP contribution in [0, 0.1) is 5.41 Å². The summed E-state index contributed by atoms with van der Waals surface area (Å²) in [6.45, 7) is 4.31. The van der Waals surface area contributed by atoms with Crippen molar-refractivity contribution < 1.29 is 4.79 Å². The van der Waals surface area contributed by atoms with Gasteiger partial charge in [0, 0.05) is 23.1 Å². The SMILES string of the molecule is CC1(C)NC(=O)CC12CCSC2. The number of hydrogen-bond donors (Lipinski definition) is 1. The third-order valence-corrected chi connectivity index (χ3v) is 4.63. The molecule has 0 bridgehead atoms. The number of rotatable bonds is 0. The fourth-order valence-electron chi connectivity index (χ4n) is 2.29. The van der Waals surface area contributed by atoms with Crippen LogP contribution in [0.15, 0.2) is 0 Å². The minimum Gasteiger partial charge on any atom is -0.351 e. The lowest BCUT2D eigenvalue weighted by molar-refractivity contribution is -0.119. The first-order chi connectivity index (χ1) is 5.56. The molecule has 0 saturated carbocycles. The van der Waals surface area contributed by atoms with Crippen LogP contribution < -0.4 is 5.32 Å². The molecule has 0 aliphatic carbocycles. The third-order valence-electron chi connectivity index (χ3n) is 3.38. The maximum Gasteiger partial charge on any atom is 0.221 e. The Balaban J connectivity index is 2.29. The van der Waals surface area contributed by atoms with E-state index in [2.05, 4.69) is 19.2 Å². The maximum absolute atomic E-state index is 11.3. The predicted molar refractivity (Wildman–Crippen MR) is 51.2 cm³/mol. The van der Waals surface area contributed by atoms with Crippen LogP contribution in [0.3, 0.4) is 0 Å². The molecule has 0 radical (unpaired) electrons. The molecule has 68 valence electrons. The molecule has 1 atom stereocenters. The molecule has 3 heteroatoms. The lowest BCUT2D eigenvalue weighted by atomic mass is 9.72. The van der Waals surface area contributed by atoms with Crippen LogP contribution in [0.25, 0.3) is 0 Å². The zero-order chi connectivity index (χ0) is 8.82. The van der Waals surface area contributed by atoms with Crippen molar-refractivity contribution in [3.63, 3.8) is 0 Å². The van der Waals surface area contributed by atoms with Gasteiger partial charge in [-0.1, -0.05) is 0 Å². The quantitative estimate of drug-likeness (QED) is 0.618. The Bertz CT molecular complexity index is 219. The van der Waals surface area contributed by atoms with Crippen LogP contribution in [-0.2, 0) is 4.79 Å². The molecule has 2 fully saturated rings. The molecule has 2 saturated heterocycles. The summed E-state index contributed by atoms with van der Waals surface area (Å²) in [7, 11) is 0. The van der Waals surface area contributed by atoms with Gasteiger partial charge in [-0.15, -0.1) is 0 Å². The maximum atomic E-state index is 11.3. The zero-order valence-corrected chi connectivity index (χ0v) is 8.46. The summed E-state index contributed by atoms with van der Waals surface area (Å²) in [5.41, 5.74) is 0.280. The average Bonchev–Trinajstić information content (AvgIpc) is 2.42. The average molecular weight is 185 g/mol. The Hall–Kier alpha value is -0.180. The molecule has 2 nitrogen and oxygen atoms in total. The Morgan fingerprint density at radius 3 is 2.67 bits per heavy atom. The molecular formula is C9H15NOS. The Labute approximate surface area is 77.5 Å². The number of carbonyl (C=O) groups excluding carboxylic acids is 1. The molecule has 0 aromatic heterocycles. The molecule has 2 aliphatic heterocycles. The summed E-state index contributed by atoms with van der Waals surface area (Å²) < 4.78 is 0. The van der Waals surface area contributed by atoms with Crippen LogP contribution in [0.5, 0.6) is 0 Å². The van der Waals surface area contributed by atoms with E-state index in [1.54, 1.807) is 0 Å². The monoisotopic (exact) mass is 185 g/mol. The molecule has 1 N–H and O–H groups in total. The molecule has 1 amide bonds. The highest BCUT2D eigenvalue weighted by Gasteiger charge is 2.53. The first-order valence-corrected chi connectivity index (χ1v) is 5.60. The normalized spacial score (nSPS) is 39.0. The number of hydrogen-bond acceptors (Lipinski definition) is 2. The molecule has 2 heterocycles. The van der Waals surface area contributed by atoms with Gasteiger partial charge in [0.2, 0.25) is 5.91 Å². The summed E-state index contributed by atoms with van der Waals surface area (Å²) in [5.74, 6) is 2.61. The van der Waals surface area contributed by atoms with Gasteiger partial charge in [0.15, 0.2) is 0 Å². The fraction of sp³-hybridized carbons (Fsp3) is 0.889. The number of carbonyl (C=O) groups is 1. The molecule has 2 aliphatic rings. The van der Waals surface area contributed by atoms with Crippen molar-refractivity contribution in [1.29, 1.82) is 0 Å². The van der Waals surface area contributed by atoms with Crippen molar-refractivity contribution in [2.24, 2.45) is 5.41 Å². The van der Waals surface area contributed by atoms with Crippen molar-refractivity contribution in [3.8, 4) is 0 Å². The van der Waals surface area contributed by atoms with Crippen molar-refractivity contribution in [2.75, 3.05) is 11.5 Å². The van der Waals surface area contributed by atoms with E-state index < -0.39 is 0 Å². The Morgan fingerprint density at radius 1 is 1.50 bits per heavy atom. The van der Waals surface area contributed by atoms with Gasteiger partial charge in [0.05, 0.1) is 0 Å². The number of nitrogens with one attached hydrogen (secondary N) is 1. The highest BCUT2D eigenvalue weighted by atomic mass is 32.2. The Kier molecular flexibility index (Phi) is 1.69. The van der Waals surface area contributed by atoms with Crippen LogP contribution in [0.2, 0.25) is 0 Å². The highest BCUT2D eigenvalue weighted by molar-refractivity contribution is 7.99. The fourth-order valence-corrected chi connectivity index (χ4v) is 3.97. The van der Waals surface area contributed by atoms with Crippen LogP contribution in [0.4, 0.5) is 0 Å². The molecule has 12 heavy (non-hydrogen) atoms. The summed E-state index contributed by atoms with van der Waals surface area (Å²) in [4.78, 5) is 11.3. The van der Waals surface area contributed by atoms with Gasteiger partial charge in [-0.3, -0.25) is 4.79 Å². The first kappa shape index (κ1) is 8.42. The molecule has 1 spiro atoms. The van der Waals surface area contributed by atoms with E-state index >= 15 is 0 Å². The minimum atomic E-state index is 0.0214. The van der Waals surface area contributed by atoms with Gasteiger partial charge in [-0.25, -0.2) is 0 Å². The number of amides is 1. The third kappa shape index (κ3) is 0.987. The number of thioether (sulfide) groups is 1. The summed E-state index contributed by atoms with van der Waals surface area (Å²) >= 11 is 1.98. The second-order valence-corrected chi connectivity index (χ2v) is 5.54. The van der Waals surface area contributed by atoms with Crippen LogP contribution in [-0.4, -0.2) is 23.0 Å². The lowest BCUT2D eigenvalue weighted by Gasteiger charge is -2.36. The molecule has 0 aromatic rings. The molecule has 1 unspecified atom stereocenters. The van der Waals surface area contributed by atoms with E-state index in [-0.39, 0.29) is 16.9 Å². The van der Waals surface area contributed by atoms with Crippen molar-refractivity contribution in [2.45, 2.75) is 32.2 Å². The van der Waals surface area contributed by atoms with Gasteiger partial charge in [-0.2, -0.15) is 11.8 Å². The van der Waals surface area contributed by atoms with E-state index in [0.717, 1.165) is 12.2 Å².